The minimum Gasteiger partial charge on any atom is -0.362 e. The van der Waals surface area contributed by atoms with Crippen LogP contribution in [0.1, 0.15) is 40.1 Å². The molecule has 0 aliphatic carbocycles. The van der Waals surface area contributed by atoms with Crippen molar-refractivity contribution in [2.24, 2.45) is 0 Å². The van der Waals surface area contributed by atoms with E-state index in [-0.39, 0.29) is 29.5 Å². The first kappa shape index (κ1) is 21.2. The van der Waals surface area contributed by atoms with Crippen LogP contribution in [0.25, 0.3) is 0 Å². The maximum atomic E-state index is 13.8. The van der Waals surface area contributed by atoms with Crippen LogP contribution in [0.2, 0.25) is 5.02 Å². The monoisotopic (exact) mass is 452 g/mol. The molecule has 2 heterocycles. The van der Waals surface area contributed by atoms with Crippen LogP contribution in [0.15, 0.2) is 54.6 Å². The van der Waals surface area contributed by atoms with Crippen LogP contribution in [0.3, 0.4) is 0 Å². The van der Waals surface area contributed by atoms with Crippen molar-refractivity contribution in [3.63, 3.8) is 0 Å². The summed E-state index contributed by atoms with van der Waals surface area (Å²) in [6, 6.07) is 11.4. The van der Waals surface area contributed by atoms with Gasteiger partial charge in [-0.3, -0.25) is 4.79 Å². The number of alkyl halides is 3. The Labute approximate surface area is 180 Å². The second kappa shape index (κ2) is 8.22. The molecular formula is C21H17ClF4N4O. The van der Waals surface area contributed by atoms with Crippen molar-refractivity contribution >= 4 is 23.3 Å². The molecule has 31 heavy (non-hydrogen) atoms. The van der Waals surface area contributed by atoms with Gasteiger partial charge in [-0.05, 0) is 23.3 Å². The Morgan fingerprint density at radius 2 is 1.84 bits per heavy atom. The summed E-state index contributed by atoms with van der Waals surface area (Å²) in [6.45, 7) is 0.173. The summed E-state index contributed by atoms with van der Waals surface area (Å²) in [5, 5.41) is 9.22. The smallest absolute Gasteiger partial charge is 0.362 e. The molecule has 0 spiro atoms. The number of hydrogen-bond donors (Lipinski definition) is 2. The Morgan fingerprint density at radius 1 is 1.16 bits per heavy atom. The molecule has 2 atom stereocenters. The Hall–Kier alpha value is -3.07. The third-order valence-electron chi connectivity index (χ3n) is 5.08. The number of amides is 1. The molecule has 1 aliphatic rings. The number of rotatable bonds is 4. The zero-order valence-corrected chi connectivity index (χ0v) is 16.7. The summed E-state index contributed by atoms with van der Waals surface area (Å²) in [5.41, 5.74) is 0.988. The average Bonchev–Trinajstić information content (AvgIpc) is 3.08. The zero-order chi connectivity index (χ0) is 22.2. The number of nitrogens with zero attached hydrogens (tertiary/aromatic N) is 2. The number of carbonyl (C=O) groups is 1. The molecule has 1 amide bonds. The lowest BCUT2D eigenvalue weighted by atomic mass is 9.97. The van der Waals surface area contributed by atoms with Crippen molar-refractivity contribution in [1.29, 1.82) is 0 Å². The fourth-order valence-electron chi connectivity index (χ4n) is 3.51. The van der Waals surface area contributed by atoms with Gasteiger partial charge in [0, 0.05) is 13.0 Å². The number of carbonyl (C=O) groups excluding carboxylic acids is 1. The molecule has 0 unspecified atom stereocenters. The molecule has 5 nitrogen and oxygen atoms in total. The number of fused-ring (bicyclic) bond motifs is 1. The standard InChI is InChI=1S/C21H17ClF4N4O/c22-17-18(20(31)27-11-12-4-2-1-3-5-12)29-30-16(21(24,25)26)10-15(28-19(17)30)13-6-8-14(23)9-7-13/h1-9,15-16,28H,10-11H2,(H,27,31)/t15-,16+/m1/s1. The molecule has 0 radical (unpaired) electrons. The average molecular weight is 453 g/mol. The fourth-order valence-corrected chi connectivity index (χ4v) is 3.78. The topological polar surface area (TPSA) is 59.0 Å². The van der Waals surface area contributed by atoms with Crippen molar-refractivity contribution < 1.29 is 22.4 Å². The maximum Gasteiger partial charge on any atom is 0.410 e. The molecule has 1 aromatic heterocycles. The van der Waals surface area contributed by atoms with Crippen molar-refractivity contribution in [1.82, 2.24) is 15.1 Å². The van der Waals surface area contributed by atoms with Crippen LogP contribution >= 0.6 is 11.6 Å². The minimum absolute atomic E-state index is 0.102. The van der Waals surface area contributed by atoms with Crippen molar-refractivity contribution in [3.8, 4) is 0 Å². The first-order valence-corrected chi connectivity index (χ1v) is 9.80. The molecule has 3 aromatic rings. The maximum absolute atomic E-state index is 13.8. The second-order valence-corrected chi connectivity index (χ2v) is 7.54. The lowest BCUT2D eigenvalue weighted by molar-refractivity contribution is -0.173. The largest absolute Gasteiger partial charge is 0.410 e. The molecule has 1 aliphatic heterocycles. The van der Waals surface area contributed by atoms with Gasteiger partial charge in [0.15, 0.2) is 11.7 Å². The number of benzene rings is 2. The van der Waals surface area contributed by atoms with Gasteiger partial charge in [-0.15, -0.1) is 0 Å². The van der Waals surface area contributed by atoms with Crippen molar-refractivity contribution in [2.75, 3.05) is 5.32 Å². The SMILES string of the molecule is O=C(NCc1ccccc1)c1nn2c(c1Cl)N[C@@H](c1ccc(F)cc1)C[C@H]2C(F)(F)F. The van der Waals surface area contributed by atoms with E-state index in [1.807, 2.05) is 6.07 Å². The van der Waals surface area contributed by atoms with E-state index in [0.717, 1.165) is 5.56 Å². The molecule has 10 heteroatoms. The van der Waals surface area contributed by atoms with Gasteiger partial charge >= 0.3 is 6.18 Å². The van der Waals surface area contributed by atoms with Crippen LogP contribution in [-0.2, 0) is 6.54 Å². The summed E-state index contributed by atoms with van der Waals surface area (Å²) < 4.78 is 55.3. The highest BCUT2D eigenvalue weighted by atomic mass is 35.5. The van der Waals surface area contributed by atoms with Gasteiger partial charge in [-0.2, -0.15) is 18.3 Å². The lowest BCUT2D eigenvalue weighted by Gasteiger charge is -2.33. The lowest BCUT2D eigenvalue weighted by Crippen LogP contribution is -2.36. The summed E-state index contributed by atoms with van der Waals surface area (Å²) in [5.74, 6) is -1.28. The number of hydrogen-bond acceptors (Lipinski definition) is 3. The fraction of sp³-hybridized carbons (Fsp3) is 0.238. The van der Waals surface area contributed by atoms with Gasteiger partial charge in [0.25, 0.3) is 5.91 Å². The van der Waals surface area contributed by atoms with E-state index in [0.29, 0.717) is 10.2 Å². The first-order valence-electron chi connectivity index (χ1n) is 9.43. The Kier molecular flexibility index (Phi) is 5.62. The first-order chi connectivity index (χ1) is 14.7. The van der Waals surface area contributed by atoms with Crippen LogP contribution in [0.5, 0.6) is 0 Å². The van der Waals surface area contributed by atoms with Gasteiger partial charge in [-0.1, -0.05) is 54.1 Å². The third-order valence-corrected chi connectivity index (χ3v) is 5.44. The van der Waals surface area contributed by atoms with Gasteiger partial charge < -0.3 is 10.6 Å². The predicted octanol–water partition coefficient (Wildman–Crippen LogP) is 5.27. The molecule has 0 fully saturated rings. The zero-order valence-electron chi connectivity index (χ0n) is 16.0. The van der Waals surface area contributed by atoms with Crippen LogP contribution in [0, 0.1) is 5.82 Å². The van der Waals surface area contributed by atoms with Gasteiger partial charge in [0.1, 0.15) is 16.7 Å². The molecule has 2 N–H and O–H groups in total. The van der Waals surface area contributed by atoms with Crippen molar-refractivity contribution in [3.05, 3.63) is 82.3 Å². The highest BCUT2D eigenvalue weighted by Gasteiger charge is 2.47. The highest BCUT2D eigenvalue weighted by molar-refractivity contribution is 6.36. The Balaban J connectivity index is 1.64. The number of halogens is 5. The number of anilines is 1. The second-order valence-electron chi connectivity index (χ2n) is 7.17. The molecule has 2 aromatic carbocycles. The van der Waals surface area contributed by atoms with Crippen LogP contribution in [0.4, 0.5) is 23.4 Å². The normalized spacial score (nSPS) is 18.2. The van der Waals surface area contributed by atoms with Gasteiger partial charge in [-0.25, -0.2) is 9.07 Å². The van der Waals surface area contributed by atoms with Gasteiger partial charge in [0.05, 0.1) is 6.04 Å². The van der Waals surface area contributed by atoms with E-state index in [9.17, 15) is 22.4 Å². The van der Waals surface area contributed by atoms with Crippen molar-refractivity contribution in [2.45, 2.75) is 31.2 Å². The van der Waals surface area contributed by atoms with E-state index >= 15 is 0 Å². The molecular weight excluding hydrogens is 436 g/mol. The number of aromatic nitrogens is 2. The van der Waals surface area contributed by atoms with E-state index in [2.05, 4.69) is 15.7 Å². The van der Waals surface area contributed by atoms with E-state index in [4.69, 9.17) is 11.6 Å². The van der Waals surface area contributed by atoms with E-state index in [1.54, 1.807) is 24.3 Å². The summed E-state index contributed by atoms with van der Waals surface area (Å²) in [6.07, 6.45) is -5.01. The summed E-state index contributed by atoms with van der Waals surface area (Å²) in [4.78, 5) is 12.6. The number of nitrogens with one attached hydrogen (secondary N) is 2. The third kappa shape index (κ3) is 4.36. The molecule has 0 bridgehead atoms. The molecule has 162 valence electrons. The van der Waals surface area contributed by atoms with E-state index in [1.165, 1.54) is 24.3 Å². The quantitative estimate of drug-likeness (QED) is 0.530. The molecule has 0 saturated carbocycles. The predicted molar refractivity (Wildman–Crippen MR) is 107 cm³/mol. The van der Waals surface area contributed by atoms with E-state index < -0.39 is 30.0 Å². The van der Waals surface area contributed by atoms with Crippen LogP contribution < -0.4 is 10.6 Å². The minimum atomic E-state index is -4.62. The van der Waals surface area contributed by atoms with Gasteiger partial charge in [0.2, 0.25) is 0 Å². The Morgan fingerprint density at radius 3 is 2.48 bits per heavy atom. The Bertz CT molecular complexity index is 1080. The van der Waals surface area contributed by atoms with Crippen LogP contribution in [-0.4, -0.2) is 21.9 Å². The highest BCUT2D eigenvalue weighted by Crippen LogP contribution is 2.46. The summed E-state index contributed by atoms with van der Waals surface area (Å²) >= 11 is 6.28. The molecule has 4 rings (SSSR count). The molecule has 0 saturated heterocycles. The summed E-state index contributed by atoms with van der Waals surface area (Å²) in [7, 11) is 0.